The van der Waals surface area contributed by atoms with Gasteiger partial charge in [0.05, 0.1) is 15.2 Å². The molecule has 0 bridgehead atoms. The smallest absolute Gasteiger partial charge is 0.0939 e. The predicted molar refractivity (Wildman–Crippen MR) is 80.3 cm³/mol. The van der Waals surface area contributed by atoms with Crippen LogP contribution in [0.25, 0.3) is 10.2 Å². The molecule has 1 N–H and O–H groups in total. The Kier molecular flexibility index (Phi) is 5.62. The first-order chi connectivity index (χ1) is 8.90. The summed E-state index contributed by atoms with van der Waals surface area (Å²) in [5.41, 5.74) is 1.15. The molecule has 0 aliphatic carbocycles. The van der Waals surface area contributed by atoms with Crippen molar-refractivity contribution >= 4 is 21.6 Å². The van der Waals surface area contributed by atoms with Crippen molar-refractivity contribution in [3.05, 3.63) is 29.3 Å². The highest BCUT2D eigenvalue weighted by molar-refractivity contribution is 7.18. The molecule has 0 aliphatic heterocycles. The number of para-hydroxylation sites is 1. The zero-order valence-corrected chi connectivity index (χ0v) is 11.9. The van der Waals surface area contributed by atoms with Gasteiger partial charge in [0.25, 0.3) is 0 Å². The molecule has 2 rings (SSSR count). The van der Waals surface area contributed by atoms with Gasteiger partial charge in [0.2, 0.25) is 0 Å². The van der Waals surface area contributed by atoms with E-state index in [4.69, 9.17) is 0 Å². The fraction of sp³-hybridized carbons (Fsp3) is 0.533. The van der Waals surface area contributed by atoms with Crippen LogP contribution < -0.4 is 5.32 Å². The second-order valence-corrected chi connectivity index (χ2v) is 5.75. The molecular formula is C15H22N2S. The van der Waals surface area contributed by atoms with Gasteiger partial charge in [0, 0.05) is 6.42 Å². The summed E-state index contributed by atoms with van der Waals surface area (Å²) in [6, 6.07) is 8.39. The molecule has 2 aromatic rings. The van der Waals surface area contributed by atoms with E-state index in [1.807, 2.05) is 11.3 Å². The van der Waals surface area contributed by atoms with Crippen molar-refractivity contribution in [3.8, 4) is 0 Å². The van der Waals surface area contributed by atoms with Crippen LogP contribution in [0.2, 0.25) is 0 Å². The van der Waals surface area contributed by atoms with Crippen LogP contribution in [-0.2, 0) is 6.42 Å². The van der Waals surface area contributed by atoms with Crippen LogP contribution in [0.15, 0.2) is 24.3 Å². The van der Waals surface area contributed by atoms with Crippen molar-refractivity contribution in [2.24, 2.45) is 0 Å². The number of hydrogen-bond donors (Lipinski definition) is 1. The third-order valence-electron chi connectivity index (χ3n) is 3.04. The highest BCUT2D eigenvalue weighted by atomic mass is 32.1. The molecule has 0 atom stereocenters. The molecule has 98 valence electrons. The molecule has 0 aliphatic rings. The van der Waals surface area contributed by atoms with E-state index in [2.05, 4.69) is 41.5 Å². The maximum absolute atomic E-state index is 4.65. The summed E-state index contributed by atoms with van der Waals surface area (Å²) in [6.45, 7) is 4.51. The van der Waals surface area contributed by atoms with Crippen molar-refractivity contribution in [1.29, 1.82) is 0 Å². The van der Waals surface area contributed by atoms with Gasteiger partial charge < -0.3 is 5.32 Å². The number of aryl methyl sites for hydroxylation is 1. The van der Waals surface area contributed by atoms with Gasteiger partial charge in [-0.2, -0.15) is 0 Å². The molecule has 0 amide bonds. The second-order valence-electron chi connectivity index (χ2n) is 4.64. The lowest BCUT2D eigenvalue weighted by Gasteiger charge is -2.02. The molecule has 2 nitrogen and oxygen atoms in total. The summed E-state index contributed by atoms with van der Waals surface area (Å²) < 4.78 is 1.31. The zero-order valence-electron chi connectivity index (χ0n) is 11.1. The first-order valence-electron chi connectivity index (χ1n) is 6.95. The summed E-state index contributed by atoms with van der Waals surface area (Å²) >= 11 is 1.83. The molecule has 0 unspecified atom stereocenters. The zero-order chi connectivity index (χ0) is 12.6. The molecule has 3 heteroatoms. The molecule has 0 fully saturated rings. The summed E-state index contributed by atoms with van der Waals surface area (Å²) in [5.74, 6) is 0. The summed E-state index contributed by atoms with van der Waals surface area (Å²) in [5, 5.41) is 4.77. The van der Waals surface area contributed by atoms with Gasteiger partial charge in [0.15, 0.2) is 0 Å². The number of benzene rings is 1. The van der Waals surface area contributed by atoms with Crippen molar-refractivity contribution in [1.82, 2.24) is 10.3 Å². The number of fused-ring (bicyclic) bond motifs is 1. The largest absolute Gasteiger partial charge is 0.317 e. The molecular weight excluding hydrogens is 240 g/mol. The molecule has 1 heterocycles. The van der Waals surface area contributed by atoms with E-state index in [-0.39, 0.29) is 0 Å². The van der Waals surface area contributed by atoms with Crippen LogP contribution in [-0.4, -0.2) is 18.1 Å². The Morgan fingerprint density at radius 1 is 1.11 bits per heavy atom. The van der Waals surface area contributed by atoms with Gasteiger partial charge >= 0.3 is 0 Å². The van der Waals surface area contributed by atoms with Gasteiger partial charge in [-0.25, -0.2) is 4.98 Å². The minimum atomic E-state index is 1.10. The SMILES string of the molecule is CCCCCNCCCc1nc2ccccc2s1. The van der Waals surface area contributed by atoms with Crippen molar-refractivity contribution < 1.29 is 0 Å². The van der Waals surface area contributed by atoms with Gasteiger partial charge in [0.1, 0.15) is 0 Å². The van der Waals surface area contributed by atoms with E-state index >= 15 is 0 Å². The number of hydrogen-bond acceptors (Lipinski definition) is 3. The molecule has 1 aromatic carbocycles. The number of nitrogens with one attached hydrogen (secondary N) is 1. The fourth-order valence-electron chi connectivity index (χ4n) is 2.02. The first-order valence-corrected chi connectivity index (χ1v) is 7.77. The summed E-state index contributed by atoms with van der Waals surface area (Å²) in [6.07, 6.45) is 6.22. The van der Waals surface area contributed by atoms with E-state index in [0.717, 1.165) is 25.0 Å². The topological polar surface area (TPSA) is 24.9 Å². The first kappa shape index (κ1) is 13.5. The van der Waals surface area contributed by atoms with E-state index in [1.54, 1.807) is 0 Å². The minimum absolute atomic E-state index is 1.10. The van der Waals surface area contributed by atoms with Gasteiger partial charge in [-0.3, -0.25) is 0 Å². The summed E-state index contributed by atoms with van der Waals surface area (Å²) in [7, 11) is 0. The molecule has 0 saturated carbocycles. The number of nitrogens with zero attached hydrogens (tertiary/aromatic N) is 1. The van der Waals surface area contributed by atoms with Crippen molar-refractivity contribution in [3.63, 3.8) is 0 Å². The Labute approximate surface area is 113 Å². The lowest BCUT2D eigenvalue weighted by atomic mass is 10.2. The van der Waals surface area contributed by atoms with Gasteiger partial charge in [-0.15, -0.1) is 11.3 Å². The fourth-order valence-corrected chi connectivity index (χ4v) is 3.03. The summed E-state index contributed by atoms with van der Waals surface area (Å²) in [4.78, 5) is 4.65. The Morgan fingerprint density at radius 3 is 2.78 bits per heavy atom. The third kappa shape index (κ3) is 4.07. The molecule has 0 spiro atoms. The number of unbranched alkanes of at least 4 members (excludes halogenated alkanes) is 2. The van der Waals surface area contributed by atoms with Crippen LogP contribution >= 0.6 is 11.3 Å². The highest BCUT2D eigenvalue weighted by Crippen LogP contribution is 2.22. The monoisotopic (exact) mass is 262 g/mol. The number of aromatic nitrogens is 1. The van der Waals surface area contributed by atoms with Crippen LogP contribution in [0, 0.1) is 0 Å². The second kappa shape index (κ2) is 7.49. The van der Waals surface area contributed by atoms with E-state index in [9.17, 15) is 0 Å². The van der Waals surface area contributed by atoms with Crippen molar-refractivity contribution in [2.75, 3.05) is 13.1 Å². The molecule has 18 heavy (non-hydrogen) atoms. The normalized spacial score (nSPS) is 11.2. The maximum Gasteiger partial charge on any atom is 0.0939 e. The Balaban J connectivity index is 1.67. The lowest BCUT2D eigenvalue weighted by molar-refractivity contribution is 0.599. The quantitative estimate of drug-likeness (QED) is 0.727. The molecule has 1 aromatic heterocycles. The van der Waals surface area contributed by atoms with Crippen LogP contribution in [0.4, 0.5) is 0 Å². The average molecular weight is 262 g/mol. The standard InChI is InChI=1S/C15H22N2S/c1-2-3-6-11-16-12-7-10-15-17-13-8-4-5-9-14(13)18-15/h4-5,8-9,16H,2-3,6-7,10-12H2,1H3. The Bertz CT molecular complexity index is 431. The third-order valence-corrected chi connectivity index (χ3v) is 4.14. The Hall–Kier alpha value is -0.930. The molecule has 0 radical (unpaired) electrons. The minimum Gasteiger partial charge on any atom is -0.317 e. The van der Waals surface area contributed by atoms with Crippen LogP contribution in [0.3, 0.4) is 0 Å². The Morgan fingerprint density at radius 2 is 1.94 bits per heavy atom. The lowest BCUT2D eigenvalue weighted by Crippen LogP contribution is -2.17. The average Bonchev–Trinajstić information content (AvgIpc) is 2.80. The van der Waals surface area contributed by atoms with Crippen molar-refractivity contribution in [2.45, 2.75) is 39.0 Å². The predicted octanol–water partition coefficient (Wildman–Crippen LogP) is 4.01. The van der Waals surface area contributed by atoms with Gasteiger partial charge in [-0.05, 0) is 38.1 Å². The highest BCUT2D eigenvalue weighted by Gasteiger charge is 2.02. The van der Waals surface area contributed by atoms with E-state index in [0.29, 0.717) is 0 Å². The van der Waals surface area contributed by atoms with E-state index < -0.39 is 0 Å². The number of thiazole rings is 1. The number of rotatable bonds is 8. The van der Waals surface area contributed by atoms with Crippen LogP contribution in [0.1, 0.15) is 37.6 Å². The maximum atomic E-state index is 4.65. The van der Waals surface area contributed by atoms with Gasteiger partial charge in [-0.1, -0.05) is 31.9 Å². The van der Waals surface area contributed by atoms with Crippen LogP contribution in [0.5, 0.6) is 0 Å². The molecule has 0 saturated heterocycles. The van der Waals surface area contributed by atoms with E-state index in [1.165, 1.54) is 35.4 Å².